The summed E-state index contributed by atoms with van der Waals surface area (Å²) >= 11 is 3.51. The van der Waals surface area contributed by atoms with Crippen LogP contribution in [0.3, 0.4) is 0 Å². The van der Waals surface area contributed by atoms with Crippen LogP contribution in [0.2, 0.25) is 0 Å². The zero-order chi connectivity index (χ0) is 13.8. The molecule has 0 aromatic heterocycles. The first-order chi connectivity index (χ1) is 9.06. The van der Waals surface area contributed by atoms with E-state index < -0.39 is 5.97 Å². The maximum atomic E-state index is 10.7. The Morgan fingerprint density at radius 3 is 2.74 bits per heavy atom. The topological polar surface area (TPSA) is 40.5 Å². The summed E-state index contributed by atoms with van der Waals surface area (Å²) in [6, 6.07) is 8.80. The molecule has 19 heavy (non-hydrogen) atoms. The second-order valence-corrected chi connectivity index (χ2v) is 6.22. The normalized spacial score (nSPS) is 19.3. The second kappa shape index (κ2) is 6.53. The van der Waals surface area contributed by atoms with Crippen LogP contribution in [0.25, 0.3) is 0 Å². The average molecular weight is 326 g/mol. The van der Waals surface area contributed by atoms with Gasteiger partial charge in [0.15, 0.2) is 0 Å². The largest absolute Gasteiger partial charge is 0.481 e. The van der Waals surface area contributed by atoms with Gasteiger partial charge in [0.2, 0.25) is 0 Å². The van der Waals surface area contributed by atoms with Crippen molar-refractivity contribution in [2.24, 2.45) is 5.92 Å². The minimum atomic E-state index is -0.668. The summed E-state index contributed by atoms with van der Waals surface area (Å²) in [4.78, 5) is 13.2. The van der Waals surface area contributed by atoms with Gasteiger partial charge < -0.3 is 5.11 Å². The van der Waals surface area contributed by atoms with Crippen molar-refractivity contribution >= 4 is 21.9 Å². The van der Waals surface area contributed by atoms with Gasteiger partial charge in [0.1, 0.15) is 0 Å². The number of carboxylic acid groups (broad SMARTS) is 1. The summed E-state index contributed by atoms with van der Waals surface area (Å²) in [5.41, 5.74) is 1.31. The van der Waals surface area contributed by atoms with E-state index in [4.69, 9.17) is 5.11 Å². The van der Waals surface area contributed by atoms with Gasteiger partial charge in [-0.2, -0.15) is 0 Å². The highest BCUT2D eigenvalue weighted by atomic mass is 79.9. The first-order valence-electron chi connectivity index (χ1n) is 6.77. The van der Waals surface area contributed by atoms with Crippen molar-refractivity contribution in [3.05, 3.63) is 34.3 Å². The monoisotopic (exact) mass is 325 g/mol. The standard InChI is InChI=1S/C15H20BrNO2/c1-11(13-3-2-4-14(16)10-13)17-7-5-12(6-8-17)9-15(18)19/h2-4,10-12H,5-9H2,1H3,(H,18,19). The van der Waals surface area contributed by atoms with Crippen molar-refractivity contribution in [1.82, 2.24) is 4.90 Å². The minimum absolute atomic E-state index is 0.319. The van der Waals surface area contributed by atoms with E-state index in [1.165, 1.54) is 5.56 Å². The molecule has 1 saturated heterocycles. The molecule has 0 aliphatic carbocycles. The van der Waals surface area contributed by atoms with E-state index in [9.17, 15) is 4.79 Å². The number of benzene rings is 1. The maximum Gasteiger partial charge on any atom is 0.303 e. The van der Waals surface area contributed by atoms with Crippen LogP contribution < -0.4 is 0 Å². The second-order valence-electron chi connectivity index (χ2n) is 5.31. The number of halogens is 1. The minimum Gasteiger partial charge on any atom is -0.481 e. The molecule has 3 nitrogen and oxygen atoms in total. The van der Waals surface area contributed by atoms with Gasteiger partial charge >= 0.3 is 5.97 Å². The van der Waals surface area contributed by atoms with Gasteiger partial charge in [-0.15, -0.1) is 0 Å². The molecule has 2 rings (SSSR count). The summed E-state index contributed by atoms with van der Waals surface area (Å²) in [7, 11) is 0. The Morgan fingerprint density at radius 2 is 2.16 bits per heavy atom. The highest BCUT2D eigenvalue weighted by Gasteiger charge is 2.24. The van der Waals surface area contributed by atoms with Gasteiger partial charge in [-0.05, 0) is 56.5 Å². The van der Waals surface area contributed by atoms with Gasteiger partial charge in [0, 0.05) is 16.9 Å². The lowest BCUT2D eigenvalue weighted by molar-refractivity contribution is -0.138. The summed E-state index contributed by atoms with van der Waals surface area (Å²) < 4.78 is 1.11. The molecule has 0 amide bonds. The van der Waals surface area contributed by atoms with E-state index in [0.29, 0.717) is 18.4 Å². The lowest BCUT2D eigenvalue weighted by Crippen LogP contribution is -2.36. The molecule has 104 valence electrons. The van der Waals surface area contributed by atoms with Crippen LogP contribution in [-0.2, 0) is 4.79 Å². The van der Waals surface area contributed by atoms with Crippen LogP contribution in [0.4, 0.5) is 0 Å². The smallest absolute Gasteiger partial charge is 0.303 e. The molecule has 1 aliphatic heterocycles. The molecule has 0 bridgehead atoms. The van der Waals surface area contributed by atoms with Gasteiger partial charge in [0.25, 0.3) is 0 Å². The third kappa shape index (κ3) is 4.05. The van der Waals surface area contributed by atoms with E-state index in [1.54, 1.807) is 0 Å². The summed E-state index contributed by atoms with van der Waals surface area (Å²) in [6.45, 7) is 4.20. The van der Waals surface area contributed by atoms with Crippen LogP contribution in [-0.4, -0.2) is 29.1 Å². The molecule has 0 spiro atoms. The Hall–Kier alpha value is -0.870. The molecular weight excluding hydrogens is 306 g/mol. The Labute approximate surface area is 122 Å². The number of rotatable bonds is 4. The summed E-state index contributed by atoms with van der Waals surface area (Å²) in [6.07, 6.45) is 2.30. The Balaban J connectivity index is 1.92. The molecule has 1 atom stereocenters. The molecule has 1 aromatic rings. The molecule has 0 radical (unpaired) electrons. The molecule has 4 heteroatoms. The number of nitrogens with zero attached hydrogens (tertiary/aromatic N) is 1. The number of hydrogen-bond acceptors (Lipinski definition) is 2. The number of piperidine rings is 1. The van der Waals surface area contributed by atoms with Crippen molar-refractivity contribution in [1.29, 1.82) is 0 Å². The first-order valence-corrected chi connectivity index (χ1v) is 7.57. The van der Waals surface area contributed by atoms with Crippen LogP contribution in [0.5, 0.6) is 0 Å². The van der Waals surface area contributed by atoms with E-state index in [0.717, 1.165) is 30.4 Å². The van der Waals surface area contributed by atoms with E-state index in [-0.39, 0.29) is 0 Å². The first kappa shape index (κ1) is 14.5. The van der Waals surface area contributed by atoms with E-state index >= 15 is 0 Å². The van der Waals surface area contributed by atoms with Gasteiger partial charge in [-0.1, -0.05) is 28.1 Å². The van der Waals surface area contributed by atoms with Crippen molar-refractivity contribution in [3.63, 3.8) is 0 Å². The third-order valence-electron chi connectivity index (χ3n) is 3.99. The summed E-state index contributed by atoms with van der Waals surface area (Å²) in [5, 5.41) is 8.83. The number of hydrogen-bond donors (Lipinski definition) is 1. The van der Waals surface area contributed by atoms with Crippen LogP contribution in [0.15, 0.2) is 28.7 Å². The average Bonchev–Trinajstić information content (AvgIpc) is 2.38. The van der Waals surface area contributed by atoms with Gasteiger partial charge in [-0.25, -0.2) is 0 Å². The number of carbonyl (C=O) groups is 1. The fraction of sp³-hybridized carbons (Fsp3) is 0.533. The lowest BCUT2D eigenvalue weighted by atomic mass is 9.92. The van der Waals surface area contributed by atoms with Gasteiger partial charge in [0.05, 0.1) is 0 Å². The predicted molar refractivity (Wildman–Crippen MR) is 79.1 cm³/mol. The number of carboxylic acids is 1. The maximum absolute atomic E-state index is 10.7. The lowest BCUT2D eigenvalue weighted by Gasteiger charge is -2.36. The number of likely N-dealkylation sites (tertiary alicyclic amines) is 1. The Morgan fingerprint density at radius 1 is 1.47 bits per heavy atom. The molecule has 0 saturated carbocycles. The fourth-order valence-corrected chi connectivity index (χ4v) is 3.19. The predicted octanol–water partition coefficient (Wildman–Crippen LogP) is 3.70. The molecular formula is C15H20BrNO2. The Kier molecular flexibility index (Phi) is 4.99. The molecule has 1 aliphatic rings. The van der Waals surface area contributed by atoms with Crippen LogP contribution >= 0.6 is 15.9 Å². The fourth-order valence-electron chi connectivity index (χ4n) is 2.77. The number of aliphatic carboxylic acids is 1. The van der Waals surface area contributed by atoms with Crippen LogP contribution in [0, 0.1) is 5.92 Å². The van der Waals surface area contributed by atoms with Gasteiger partial charge in [-0.3, -0.25) is 9.69 Å². The zero-order valence-corrected chi connectivity index (χ0v) is 12.8. The quantitative estimate of drug-likeness (QED) is 0.917. The van der Waals surface area contributed by atoms with E-state index in [1.807, 2.05) is 6.07 Å². The molecule has 1 heterocycles. The SMILES string of the molecule is CC(c1cccc(Br)c1)N1CCC(CC(=O)O)CC1. The molecule has 1 unspecified atom stereocenters. The van der Waals surface area contributed by atoms with Crippen molar-refractivity contribution in [2.75, 3.05) is 13.1 Å². The third-order valence-corrected chi connectivity index (χ3v) is 4.48. The van der Waals surface area contributed by atoms with E-state index in [2.05, 4.69) is 46.0 Å². The Bertz CT molecular complexity index is 442. The highest BCUT2D eigenvalue weighted by molar-refractivity contribution is 9.10. The van der Waals surface area contributed by atoms with Crippen molar-refractivity contribution in [2.45, 2.75) is 32.2 Å². The van der Waals surface area contributed by atoms with Crippen molar-refractivity contribution < 1.29 is 9.90 Å². The van der Waals surface area contributed by atoms with Crippen molar-refractivity contribution in [3.8, 4) is 0 Å². The molecule has 1 N–H and O–H groups in total. The van der Waals surface area contributed by atoms with Crippen LogP contribution in [0.1, 0.15) is 37.8 Å². The zero-order valence-electron chi connectivity index (χ0n) is 11.2. The summed E-state index contributed by atoms with van der Waals surface area (Å²) in [5.74, 6) is -0.318. The molecule has 1 aromatic carbocycles. The molecule has 1 fully saturated rings. The highest BCUT2D eigenvalue weighted by Crippen LogP contribution is 2.29.